The molecule has 0 aliphatic rings. The highest BCUT2D eigenvalue weighted by Gasteiger charge is 1.94. The van der Waals surface area contributed by atoms with Crippen molar-refractivity contribution in [3.63, 3.8) is 0 Å². The van der Waals surface area contributed by atoms with E-state index in [9.17, 15) is 4.79 Å². The van der Waals surface area contributed by atoms with Crippen LogP contribution < -0.4 is 5.73 Å². The summed E-state index contributed by atoms with van der Waals surface area (Å²) in [5, 5.41) is 0. The molecule has 0 aromatic heterocycles. The molecule has 0 bridgehead atoms. The Kier molecular flexibility index (Phi) is 8.19. The number of rotatable bonds is 8. The van der Waals surface area contributed by atoms with Gasteiger partial charge in [-0.2, -0.15) is 0 Å². The Morgan fingerprint density at radius 1 is 1.00 bits per heavy atom. The molecule has 12 heavy (non-hydrogen) atoms. The average molecular weight is 170 g/mol. The van der Waals surface area contributed by atoms with Crippen LogP contribution in [-0.2, 0) is 4.79 Å². The molecule has 0 spiro atoms. The second kappa shape index (κ2) is 8.57. The zero-order valence-corrected chi connectivity index (χ0v) is 7.85. The van der Waals surface area contributed by atoms with Crippen LogP contribution in [0.2, 0.25) is 0 Å². The van der Waals surface area contributed by atoms with Gasteiger partial charge in [0.1, 0.15) is 0 Å². The van der Waals surface area contributed by atoms with Crippen LogP contribution in [0.15, 0.2) is 0 Å². The molecule has 0 aromatic carbocycles. The second-order valence-electron chi connectivity index (χ2n) is 3.19. The number of carbonyl (C=O) groups excluding carboxylic acids is 1. The number of unbranched alkanes of at least 4 members (excludes halogenated alkanes) is 6. The van der Waals surface area contributed by atoms with Crippen molar-refractivity contribution in [2.45, 2.75) is 51.4 Å². The number of carbonyl (C=O) groups is 1. The fraction of sp³-hybridized carbons (Fsp3) is 0.800. The van der Waals surface area contributed by atoms with Crippen molar-refractivity contribution >= 4 is 5.91 Å². The summed E-state index contributed by atoms with van der Waals surface area (Å²) in [5.74, 6) is -0.173. The molecule has 0 rings (SSSR count). The minimum Gasteiger partial charge on any atom is -0.370 e. The van der Waals surface area contributed by atoms with Crippen LogP contribution >= 0.6 is 0 Å². The molecule has 2 N–H and O–H groups in total. The average Bonchev–Trinajstić information content (AvgIpc) is 2.02. The van der Waals surface area contributed by atoms with Gasteiger partial charge in [0.15, 0.2) is 0 Å². The molecule has 71 valence electrons. The smallest absolute Gasteiger partial charge is 0.217 e. The predicted octanol–water partition coefficient (Wildman–Crippen LogP) is 2.43. The lowest BCUT2D eigenvalue weighted by Crippen LogP contribution is -2.09. The van der Waals surface area contributed by atoms with Crippen molar-refractivity contribution in [2.24, 2.45) is 5.73 Å². The van der Waals surface area contributed by atoms with Gasteiger partial charge < -0.3 is 5.73 Å². The number of amides is 1. The van der Waals surface area contributed by atoms with E-state index in [-0.39, 0.29) is 5.91 Å². The molecular formula is C10H20NO. The van der Waals surface area contributed by atoms with E-state index in [1.165, 1.54) is 25.7 Å². The minimum atomic E-state index is -0.173. The lowest BCUT2D eigenvalue weighted by Gasteiger charge is -1.98. The van der Waals surface area contributed by atoms with E-state index in [2.05, 4.69) is 6.92 Å². The van der Waals surface area contributed by atoms with Gasteiger partial charge >= 0.3 is 0 Å². The first-order chi connectivity index (χ1) is 5.77. The molecule has 0 aliphatic heterocycles. The maximum absolute atomic E-state index is 10.3. The van der Waals surface area contributed by atoms with E-state index in [0.29, 0.717) is 6.42 Å². The van der Waals surface area contributed by atoms with E-state index in [4.69, 9.17) is 5.73 Å². The van der Waals surface area contributed by atoms with Gasteiger partial charge in [0.25, 0.3) is 0 Å². The molecule has 2 heteroatoms. The van der Waals surface area contributed by atoms with E-state index in [1.54, 1.807) is 0 Å². The molecule has 0 aromatic rings. The monoisotopic (exact) mass is 170 g/mol. The minimum absolute atomic E-state index is 0.173. The van der Waals surface area contributed by atoms with Crippen molar-refractivity contribution in [3.8, 4) is 0 Å². The third-order valence-corrected chi connectivity index (χ3v) is 1.92. The summed E-state index contributed by atoms with van der Waals surface area (Å²) in [6.45, 7) is 3.78. The van der Waals surface area contributed by atoms with Crippen molar-refractivity contribution in [1.29, 1.82) is 0 Å². The van der Waals surface area contributed by atoms with Crippen molar-refractivity contribution < 1.29 is 4.79 Å². The van der Waals surface area contributed by atoms with Crippen LogP contribution in [0.5, 0.6) is 0 Å². The molecule has 1 radical (unpaired) electrons. The Balaban J connectivity index is 2.86. The third-order valence-electron chi connectivity index (χ3n) is 1.92. The highest BCUT2D eigenvalue weighted by atomic mass is 16.1. The molecule has 1 amide bonds. The molecule has 0 saturated carbocycles. The number of hydrogen-bond donors (Lipinski definition) is 1. The molecular weight excluding hydrogens is 150 g/mol. The SMILES string of the molecule is [CH2]CCCCCCCCC(N)=O. The summed E-state index contributed by atoms with van der Waals surface area (Å²) in [6.07, 6.45) is 8.70. The summed E-state index contributed by atoms with van der Waals surface area (Å²) in [6, 6.07) is 0. The second-order valence-corrected chi connectivity index (χ2v) is 3.19. The lowest BCUT2D eigenvalue weighted by atomic mass is 10.1. The standard InChI is InChI=1S/C10H20NO/c1-2-3-4-5-6-7-8-9-10(11)12/h1-9H2,(H2,11,12). The molecule has 0 fully saturated rings. The highest BCUT2D eigenvalue weighted by molar-refractivity contribution is 5.73. The zero-order valence-electron chi connectivity index (χ0n) is 7.85. The van der Waals surface area contributed by atoms with Gasteiger partial charge in [0, 0.05) is 6.42 Å². The number of primary amides is 1. The van der Waals surface area contributed by atoms with Crippen LogP contribution in [0.25, 0.3) is 0 Å². The maximum atomic E-state index is 10.3. The Bertz CT molecular complexity index is 112. The molecule has 2 nitrogen and oxygen atoms in total. The summed E-state index contributed by atoms with van der Waals surface area (Å²) >= 11 is 0. The van der Waals surface area contributed by atoms with E-state index in [1.807, 2.05) is 0 Å². The number of hydrogen-bond acceptors (Lipinski definition) is 1. The van der Waals surface area contributed by atoms with E-state index < -0.39 is 0 Å². The van der Waals surface area contributed by atoms with Gasteiger partial charge in [-0.25, -0.2) is 0 Å². The first-order valence-electron chi connectivity index (χ1n) is 4.85. The molecule has 0 atom stereocenters. The highest BCUT2D eigenvalue weighted by Crippen LogP contribution is 2.07. The molecule has 0 saturated heterocycles. The molecule has 0 heterocycles. The van der Waals surface area contributed by atoms with Crippen LogP contribution in [0.3, 0.4) is 0 Å². The Morgan fingerprint density at radius 2 is 1.50 bits per heavy atom. The van der Waals surface area contributed by atoms with Gasteiger partial charge in [-0.15, -0.1) is 0 Å². The van der Waals surface area contributed by atoms with E-state index in [0.717, 1.165) is 19.3 Å². The normalized spacial score (nSPS) is 10.1. The Labute approximate surface area is 75.5 Å². The first kappa shape index (κ1) is 11.5. The number of nitrogens with two attached hydrogens (primary N) is 1. The third kappa shape index (κ3) is 9.47. The lowest BCUT2D eigenvalue weighted by molar-refractivity contribution is -0.118. The van der Waals surface area contributed by atoms with Gasteiger partial charge in [0.2, 0.25) is 5.91 Å². The molecule has 0 unspecified atom stereocenters. The van der Waals surface area contributed by atoms with Crippen LogP contribution in [0.1, 0.15) is 51.4 Å². The van der Waals surface area contributed by atoms with Crippen LogP contribution in [0.4, 0.5) is 0 Å². The van der Waals surface area contributed by atoms with Gasteiger partial charge in [0.05, 0.1) is 0 Å². The fourth-order valence-electron chi connectivity index (χ4n) is 1.18. The first-order valence-corrected chi connectivity index (χ1v) is 4.85. The summed E-state index contributed by atoms with van der Waals surface area (Å²) in [7, 11) is 0. The van der Waals surface area contributed by atoms with Crippen LogP contribution in [0, 0.1) is 6.92 Å². The summed E-state index contributed by atoms with van der Waals surface area (Å²) in [5.41, 5.74) is 5.01. The quantitative estimate of drug-likeness (QED) is 0.558. The van der Waals surface area contributed by atoms with Gasteiger partial charge in [-0.1, -0.05) is 45.4 Å². The van der Waals surface area contributed by atoms with E-state index >= 15 is 0 Å². The van der Waals surface area contributed by atoms with Gasteiger partial charge in [-0.05, 0) is 6.42 Å². The van der Waals surface area contributed by atoms with Crippen molar-refractivity contribution in [1.82, 2.24) is 0 Å². The topological polar surface area (TPSA) is 43.1 Å². The van der Waals surface area contributed by atoms with Crippen molar-refractivity contribution in [2.75, 3.05) is 0 Å². The van der Waals surface area contributed by atoms with Crippen molar-refractivity contribution in [3.05, 3.63) is 6.92 Å². The Hall–Kier alpha value is -0.530. The maximum Gasteiger partial charge on any atom is 0.217 e. The Morgan fingerprint density at radius 3 is 2.00 bits per heavy atom. The van der Waals surface area contributed by atoms with Gasteiger partial charge in [-0.3, -0.25) is 4.79 Å². The summed E-state index contributed by atoms with van der Waals surface area (Å²) < 4.78 is 0. The fourth-order valence-corrected chi connectivity index (χ4v) is 1.18. The predicted molar refractivity (Wildman–Crippen MR) is 51.5 cm³/mol. The summed E-state index contributed by atoms with van der Waals surface area (Å²) in [4.78, 5) is 10.3. The largest absolute Gasteiger partial charge is 0.370 e. The van der Waals surface area contributed by atoms with Crippen LogP contribution in [-0.4, -0.2) is 5.91 Å². The zero-order chi connectivity index (χ0) is 9.23. The molecule has 0 aliphatic carbocycles.